The molecule has 2 aromatic carbocycles. The largest absolute Gasteiger partial charge is 0.465 e. The molecule has 1 amide bonds. The molecule has 0 saturated heterocycles. The van der Waals surface area contributed by atoms with Crippen molar-refractivity contribution in [2.75, 3.05) is 18.2 Å². The molecule has 1 heterocycles. The van der Waals surface area contributed by atoms with Gasteiger partial charge in [-0.05, 0) is 36.4 Å². The highest BCUT2D eigenvalue weighted by Gasteiger charge is 2.14. The number of halogens is 2. The van der Waals surface area contributed by atoms with Crippen LogP contribution in [0.5, 0.6) is 0 Å². The van der Waals surface area contributed by atoms with Crippen molar-refractivity contribution in [1.82, 2.24) is 10.2 Å². The van der Waals surface area contributed by atoms with Crippen LogP contribution in [0.1, 0.15) is 10.4 Å². The third-order valence-corrected chi connectivity index (χ3v) is 4.61. The van der Waals surface area contributed by atoms with Gasteiger partial charge in [0.05, 0.1) is 23.4 Å². The Morgan fingerprint density at radius 1 is 1.25 bits per heavy atom. The van der Waals surface area contributed by atoms with E-state index in [1.165, 1.54) is 37.4 Å². The number of carbonyl (C=O) groups is 2. The number of aromatic nitrogens is 2. The molecule has 1 N–H and O–H groups in total. The molecule has 0 saturated carbocycles. The molecule has 10 heteroatoms. The summed E-state index contributed by atoms with van der Waals surface area (Å²) in [6.45, 7) is 0. The van der Waals surface area contributed by atoms with Gasteiger partial charge >= 0.3 is 5.97 Å². The molecule has 0 aliphatic carbocycles. The first kappa shape index (κ1) is 19.8. The van der Waals surface area contributed by atoms with Crippen molar-refractivity contribution in [3.05, 3.63) is 58.9 Å². The summed E-state index contributed by atoms with van der Waals surface area (Å²) in [5.41, 5.74) is 0.980. The van der Waals surface area contributed by atoms with E-state index in [0.717, 1.165) is 11.8 Å². The van der Waals surface area contributed by atoms with Gasteiger partial charge < -0.3 is 14.5 Å². The Labute approximate surface area is 168 Å². The molecular formula is C18H13ClFN3O4S. The molecule has 0 atom stereocenters. The van der Waals surface area contributed by atoms with Gasteiger partial charge in [0.15, 0.2) is 0 Å². The number of thioether (sulfide) groups is 1. The maximum absolute atomic E-state index is 13.3. The van der Waals surface area contributed by atoms with E-state index < -0.39 is 11.8 Å². The monoisotopic (exact) mass is 421 g/mol. The lowest BCUT2D eigenvalue weighted by Gasteiger charge is -2.07. The lowest BCUT2D eigenvalue weighted by molar-refractivity contribution is -0.113. The molecule has 7 nitrogen and oxygen atoms in total. The number of nitrogens with zero attached hydrogens (tertiary/aromatic N) is 2. The maximum Gasteiger partial charge on any atom is 0.339 e. The number of rotatable bonds is 6. The highest BCUT2D eigenvalue weighted by Crippen LogP contribution is 2.25. The van der Waals surface area contributed by atoms with Crippen LogP contribution >= 0.6 is 23.4 Å². The molecule has 0 bridgehead atoms. The first-order valence-electron chi connectivity index (χ1n) is 7.86. The van der Waals surface area contributed by atoms with Crippen LogP contribution in [0.3, 0.4) is 0 Å². The van der Waals surface area contributed by atoms with Crippen molar-refractivity contribution in [3.8, 4) is 11.5 Å². The molecule has 0 spiro atoms. The van der Waals surface area contributed by atoms with Crippen LogP contribution in [-0.4, -0.2) is 34.9 Å². The van der Waals surface area contributed by atoms with Crippen molar-refractivity contribution < 1.29 is 23.1 Å². The van der Waals surface area contributed by atoms with Gasteiger partial charge in [0.2, 0.25) is 11.8 Å². The summed E-state index contributed by atoms with van der Waals surface area (Å²) in [5.74, 6) is -1.23. The summed E-state index contributed by atoms with van der Waals surface area (Å²) in [6.07, 6.45) is 0. The fraction of sp³-hybridized carbons (Fsp3) is 0.111. The number of benzene rings is 2. The first-order chi connectivity index (χ1) is 13.5. The second-order valence-electron chi connectivity index (χ2n) is 5.41. The van der Waals surface area contributed by atoms with E-state index in [0.29, 0.717) is 11.3 Å². The minimum Gasteiger partial charge on any atom is -0.465 e. The molecule has 0 aliphatic rings. The van der Waals surface area contributed by atoms with E-state index >= 15 is 0 Å². The average Bonchev–Trinajstić information content (AvgIpc) is 3.16. The number of hydrogen-bond donors (Lipinski definition) is 1. The molecule has 0 unspecified atom stereocenters. The van der Waals surface area contributed by atoms with E-state index in [-0.39, 0.29) is 33.4 Å². The Morgan fingerprint density at radius 3 is 2.82 bits per heavy atom. The molecule has 144 valence electrons. The fourth-order valence-corrected chi connectivity index (χ4v) is 2.96. The average molecular weight is 422 g/mol. The van der Waals surface area contributed by atoms with Crippen LogP contribution in [0, 0.1) is 5.82 Å². The molecule has 0 radical (unpaired) electrons. The van der Waals surface area contributed by atoms with Crippen LogP contribution in [-0.2, 0) is 9.53 Å². The van der Waals surface area contributed by atoms with Crippen LogP contribution in [0.2, 0.25) is 5.02 Å². The lowest BCUT2D eigenvalue weighted by Crippen LogP contribution is -2.14. The highest BCUT2D eigenvalue weighted by molar-refractivity contribution is 7.99. The summed E-state index contributed by atoms with van der Waals surface area (Å²) in [7, 11) is 1.24. The topological polar surface area (TPSA) is 94.3 Å². The summed E-state index contributed by atoms with van der Waals surface area (Å²) in [5, 5.41) is 10.7. The second-order valence-corrected chi connectivity index (χ2v) is 6.74. The van der Waals surface area contributed by atoms with Crippen LogP contribution in [0.4, 0.5) is 10.1 Å². The fourth-order valence-electron chi connectivity index (χ4n) is 2.20. The Morgan fingerprint density at radius 2 is 2.07 bits per heavy atom. The Bertz CT molecular complexity index is 1030. The standard InChI is InChI=1S/C18H13ClFN3O4S/c1-26-17(25)13-8-12(5-6-14(13)19)21-15(24)9-28-18-23-22-16(27-18)10-3-2-4-11(20)7-10/h2-8H,9H2,1H3,(H,21,24). The summed E-state index contributed by atoms with van der Waals surface area (Å²) < 4.78 is 23.3. The van der Waals surface area contributed by atoms with Gasteiger partial charge in [-0.15, -0.1) is 10.2 Å². The Kier molecular flexibility index (Phi) is 6.27. The second kappa shape index (κ2) is 8.85. The number of esters is 1. The third-order valence-electron chi connectivity index (χ3n) is 3.46. The van der Waals surface area contributed by atoms with Crippen LogP contribution in [0.15, 0.2) is 52.1 Å². The summed E-state index contributed by atoms with van der Waals surface area (Å²) >= 11 is 6.96. The minimum atomic E-state index is -0.605. The number of hydrogen-bond acceptors (Lipinski definition) is 7. The number of nitrogens with one attached hydrogen (secondary N) is 1. The summed E-state index contributed by atoms with van der Waals surface area (Å²) in [4.78, 5) is 23.8. The SMILES string of the molecule is COC(=O)c1cc(NC(=O)CSc2nnc(-c3cccc(F)c3)o2)ccc1Cl. The van der Waals surface area contributed by atoms with Gasteiger partial charge in [-0.1, -0.05) is 29.4 Å². The minimum absolute atomic E-state index is 0.0129. The van der Waals surface area contributed by atoms with E-state index in [1.807, 2.05) is 0 Å². The molecular weight excluding hydrogens is 409 g/mol. The molecule has 3 aromatic rings. The number of ether oxygens (including phenoxy) is 1. The Balaban J connectivity index is 1.60. The quantitative estimate of drug-likeness (QED) is 0.474. The predicted octanol–water partition coefficient (Wildman–Crippen LogP) is 4.05. The van der Waals surface area contributed by atoms with Gasteiger partial charge in [-0.2, -0.15) is 0 Å². The van der Waals surface area contributed by atoms with Gasteiger partial charge in [-0.25, -0.2) is 9.18 Å². The zero-order valence-corrected chi connectivity index (χ0v) is 16.0. The number of amides is 1. The van der Waals surface area contributed by atoms with Crippen LogP contribution in [0.25, 0.3) is 11.5 Å². The lowest BCUT2D eigenvalue weighted by atomic mass is 10.2. The van der Waals surface area contributed by atoms with Gasteiger partial charge in [0, 0.05) is 11.3 Å². The molecule has 3 rings (SSSR count). The molecule has 0 aliphatic heterocycles. The molecule has 28 heavy (non-hydrogen) atoms. The normalized spacial score (nSPS) is 10.5. The maximum atomic E-state index is 13.3. The van der Waals surface area contributed by atoms with Gasteiger partial charge in [0.25, 0.3) is 5.22 Å². The van der Waals surface area contributed by atoms with E-state index in [1.54, 1.807) is 12.1 Å². The van der Waals surface area contributed by atoms with Crippen molar-refractivity contribution in [1.29, 1.82) is 0 Å². The van der Waals surface area contributed by atoms with Gasteiger partial charge in [-0.3, -0.25) is 4.79 Å². The number of carbonyl (C=O) groups excluding carboxylic acids is 2. The van der Waals surface area contributed by atoms with Crippen molar-refractivity contribution in [2.45, 2.75) is 5.22 Å². The van der Waals surface area contributed by atoms with E-state index in [4.69, 9.17) is 16.0 Å². The van der Waals surface area contributed by atoms with Crippen LogP contribution < -0.4 is 5.32 Å². The van der Waals surface area contributed by atoms with Crippen molar-refractivity contribution in [2.24, 2.45) is 0 Å². The number of methoxy groups -OCH3 is 1. The molecule has 0 fully saturated rings. The zero-order valence-electron chi connectivity index (χ0n) is 14.4. The molecule has 1 aromatic heterocycles. The number of anilines is 1. The Hall–Kier alpha value is -2.91. The smallest absolute Gasteiger partial charge is 0.339 e. The zero-order chi connectivity index (χ0) is 20.1. The third kappa shape index (κ3) is 4.87. The first-order valence-corrected chi connectivity index (χ1v) is 9.22. The van der Waals surface area contributed by atoms with E-state index in [9.17, 15) is 14.0 Å². The van der Waals surface area contributed by atoms with Crippen molar-refractivity contribution >= 4 is 40.9 Å². The van der Waals surface area contributed by atoms with Crippen molar-refractivity contribution in [3.63, 3.8) is 0 Å². The predicted molar refractivity (Wildman–Crippen MR) is 102 cm³/mol. The van der Waals surface area contributed by atoms with E-state index in [2.05, 4.69) is 20.3 Å². The summed E-state index contributed by atoms with van der Waals surface area (Å²) in [6, 6.07) is 10.2. The van der Waals surface area contributed by atoms with Gasteiger partial charge in [0.1, 0.15) is 5.82 Å². The highest BCUT2D eigenvalue weighted by atomic mass is 35.5.